The van der Waals surface area contributed by atoms with Crippen LogP contribution in [0.1, 0.15) is 32.6 Å². The average Bonchev–Trinajstić information content (AvgIpc) is 2.17. The molecule has 3 nitrogen and oxygen atoms in total. The van der Waals surface area contributed by atoms with Crippen LogP contribution in [0.25, 0.3) is 0 Å². The molecule has 1 aliphatic carbocycles. The number of hydrogen-bond donors (Lipinski definition) is 2. The summed E-state index contributed by atoms with van der Waals surface area (Å²) >= 11 is 0. The quantitative estimate of drug-likeness (QED) is 0.680. The van der Waals surface area contributed by atoms with Crippen LogP contribution in [-0.2, 0) is 0 Å². The normalized spacial score (nSPS) is 32.1. The van der Waals surface area contributed by atoms with Gasteiger partial charge in [-0.15, -0.1) is 0 Å². The van der Waals surface area contributed by atoms with Crippen molar-refractivity contribution in [1.82, 2.24) is 4.90 Å². The van der Waals surface area contributed by atoms with Crippen LogP contribution in [0.5, 0.6) is 0 Å². The first kappa shape index (κ1) is 11.0. The van der Waals surface area contributed by atoms with E-state index in [2.05, 4.69) is 11.9 Å². The highest BCUT2D eigenvalue weighted by atomic mass is 16.3. The van der Waals surface area contributed by atoms with E-state index in [1.165, 1.54) is 0 Å². The van der Waals surface area contributed by atoms with Gasteiger partial charge in [-0.05, 0) is 39.7 Å². The van der Waals surface area contributed by atoms with Crippen molar-refractivity contribution < 1.29 is 10.2 Å². The minimum Gasteiger partial charge on any atom is -0.395 e. The SMILES string of the molecule is CC(CO)N(C)C1CCC(O)CC1. The van der Waals surface area contributed by atoms with Gasteiger partial charge in [-0.1, -0.05) is 0 Å². The van der Waals surface area contributed by atoms with Crippen molar-refractivity contribution in [3.8, 4) is 0 Å². The molecule has 1 saturated carbocycles. The first-order chi connectivity index (χ1) is 6.15. The van der Waals surface area contributed by atoms with Crippen LogP contribution < -0.4 is 0 Å². The van der Waals surface area contributed by atoms with E-state index in [0.29, 0.717) is 6.04 Å². The van der Waals surface area contributed by atoms with Crippen LogP contribution in [0.3, 0.4) is 0 Å². The largest absolute Gasteiger partial charge is 0.395 e. The van der Waals surface area contributed by atoms with Gasteiger partial charge in [0.25, 0.3) is 0 Å². The molecule has 0 radical (unpaired) electrons. The third-order valence-electron chi connectivity index (χ3n) is 3.20. The Morgan fingerprint density at radius 3 is 2.31 bits per heavy atom. The lowest BCUT2D eigenvalue weighted by atomic mass is 9.91. The van der Waals surface area contributed by atoms with Gasteiger partial charge in [0.05, 0.1) is 12.7 Å². The molecular weight excluding hydrogens is 166 g/mol. The Kier molecular flexibility index (Phi) is 4.16. The number of likely N-dealkylation sites (N-methyl/N-ethyl adjacent to an activating group) is 1. The molecular formula is C10H21NO2. The van der Waals surface area contributed by atoms with Crippen molar-refractivity contribution in [1.29, 1.82) is 0 Å². The maximum atomic E-state index is 9.34. The molecule has 2 N–H and O–H groups in total. The molecule has 0 heterocycles. The van der Waals surface area contributed by atoms with E-state index in [0.717, 1.165) is 25.7 Å². The van der Waals surface area contributed by atoms with Crippen LogP contribution in [0, 0.1) is 0 Å². The molecule has 0 bridgehead atoms. The highest BCUT2D eigenvalue weighted by molar-refractivity contribution is 4.79. The standard InChI is InChI=1S/C10H21NO2/c1-8(7-12)11(2)9-3-5-10(13)6-4-9/h8-10,12-13H,3-7H2,1-2H3. The van der Waals surface area contributed by atoms with Gasteiger partial charge in [-0.3, -0.25) is 4.90 Å². The summed E-state index contributed by atoms with van der Waals surface area (Å²) in [4.78, 5) is 2.23. The van der Waals surface area contributed by atoms with Crippen molar-refractivity contribution in [2.45, 2.75) is 50.8 Å². The summed E-state index contributed by atoms with van der Waals surface area (Å²) in [6.45, 7) is 2.25. The number of rotatable bonds is 3. The molecule has 1 unspecified atom stereocenters. The Labute approximate surface area is 80.4 Å². The monoisotopic (exact) mass is 187 g/mol. The number of aliphatic hydroxyl groups is 2. The van der Waals surface area contributed by atoms with Crippen molar-refractivity contribution >= 4 is 0 Å². The van der Waals surface area contributed by atoms with Gasteiger partial charge < -0.3 is 10.2 Å². The number of nitrogens with zero attached hydrogens (tertiary/aromatic N) is 1. The highest BCUT2D eigenvalue weighted by Gasteiger charge is 2.24. The molecule has 1 fully saturated rings. The molecule has 3 heteroatoms. The fourth-order valence-electron chi connectivity index (χ4n) is 1.95. The molecule has 1 aliphatic rings. The van der Waals surface area contributed by atoms with Gasteiger partial charge in [0.15, 0.2) is 0 Å². The van der Waals surface area contributed by atoms with E-state index in [9.17, 15) is 5.11 Å². The van der Waals surface area contributed by atoms with Crippen LogP contribution in [0.2, 0.25) is 0 Å². The van der Waals surface area contributed by atoms with Crippen molar-refractivity contribution in [3.05, 3.63) is 0 Å². The third kappa shape index (κ3) is 2.93. The van der Waals surface area contributed by atoms with E-state index in [-0.39, 0.29) is 18.8 Å². The molecule has 1 rings (SSSR count). The second-order valence-electron chi connectivity index (χ2n) is 4.16. The lowest BCUT2D eigenvalue weighted by Crippen LogP contribution is -2.43. The van der Waals surface area contributed by atoms with Crippen molar-refractivity contribution in [2.24, 2.45) is 0 Å². The minimum absolute atomic E-state index is 0.0888. The lowest BCUT2D eigenvalue weighted by Gasteiger charge is -2.36. The molecule has 0 saturated heterocycles. The maximum absolute atomic E-state index is 9.34. The van der Waals surface area contributed by atoms with Gasteiger partial charge >= 0.3 is 0 Å². The minimum atomic E-state index is -0.0888. The molecule has 0 aromatic heterocycles. The van der Waals surface area contributed by atoms with E-state index < -0.39 is 0 Å². The average molecular weight is 187 g/mol. The topological polar surface area (TPSA) is 43.7 Å². The lowest BCUT2D eigenvalue weighted by molar-refractivity contribution is 0.0549. The summed E-state index contributed by atoms with van der Waals surface area (Å²) in [5, 5.41) is 18.3. The second kappa shape index (κ2) is 4.94. The summed E-state index contributed by atoms with van der Waals surface area (Å²) in [7, 11) is 2.06. The highest BCUT2D eigenvalue weighted by Crippen LogP contribution is 2.23. The third-order valence-corrected chi connectivity index (χ3v) is 3.20. The zero-order valence-corrected chi connectivity index (χ0v) is 8.61. The smallest absolute Gasteiger partial charge is 0.0584 e. The molecule has 13 heavy (non-hydrogen) atoms. The Bertz CT molecular complexity index is 144. The predicted octanol–water partition coefficient (Wildman–Crippen LogP) is 0.602. The molecule has 0 spiro atoms. The van der Waals surface area contributed by atoms with Crippen LogP contribution in [-0.4, -0.2) is 47.0 Å². The molecule has 78 valence electrons. The van der Waals surface area contributed by atoms with E-state index in [1.807, 2.05) is 6.92 Å². The van der Waals surface area contributed by atoms with Crippen LogP contribution in [0.15, 0.2) is 0 Å². The molecule has 0 aromatic rings. The first-order valence-electron chi connectivity index (χ1n) is 5.16. The summed E-state index contributed by atoms with van der Waals surface area (Å²) in [5.41, 5.74) is 0. The fourth-order valence-corrected chi connectivity index (χ4v) is 1.95. The second-order valence-corrected chi connectivity index (χ2v) is 4.16. The van der Waals surface area contributed by atoms with Crippen molar-refractivity contribution in [3.63, 3.8) is 0 Å². The van der Waals surface area contributed by atoms with Crippen LogP contribution >= 0.6 is 0 Å². The van der Waals surface area contributed by atoms with Crippen LogP contribution in [0.4, 0.5) is 0 Å². The Morgan fingerprint density at radius 1 is 1.31 bits per heavy atom. The zero-order chi connectivity index (χ0) is 9.84. The Morgan fingerprint density at radius 2 is 1.85 bits per heavy atom. The van der Waals surface area contributed by atoms with Gasteiger partial charge in [0.1, 0.15) is 0 Å². The maximum Gasteiger partial charge on any atom is 0.0584 e. The van der Waals surface area contributed by atoms with Gasteiger partial charge in [0.2, 0.25) is 0 Å². The number of hydrogen-bond acceptors (Lipinski definition) is 3. The summed E-state index contributed by atoms with van der Waals surface area (Å²) in [6, 6.07) is 0.783. The van der Waals surface area contributed by atoms with Crippen molar-refractivity contribution in [2.75, 3.05) is 13.7 Å². The van der Waals surface area contributed by atoms with E-state index >= 15 is 0 Å². The summed E-state index contributed by atoms with van der Waals surface area (Å²) < 4.78 is 0. The Hall–Kier alpha value is -0.120. The van der Waals surface area contributed by atoms with Gasteiger partial charge in [0, 0.05) is 12.1 Å². The predicted molar refractivity (Wildman–Crippen MR) is 52.6 cm³/mol. The summed E-state index contributed by atoms with van der Waals surface area (Å²) in [6.07, 6.45) is 3.85. The zero-order valence-electron chi connectivity index (χ0n) is 8.61. The van der Waals surface area contributed by atoms with Gasteiger partial charge in [-0.25, -0.2) is 0 Å². The van der Waals surface area contributed by atoms with E-state index in [4.69, 9.17) is 5.11 Å². The summed E-state index contributed by atoms with van der Waals surface area (Å²) in [5.74, 6) is 0. The number of aliphatic hydroxyl groups excluding tert-OH is 2. The molecule has 0 aliphatic heterocycles. The molecule has 0 amide bonds. The first-order valence-corrected chi connectivity index (χ1v) is 5.16. The Balaban J connectivity index is 2.35. The van der Waals surface area contributed by atoms with Gasteiger partial charge in [-0.2, -0.15) is 0 Å². The fraction of sp³-hybridized carbons (Fsp3) is 1.00. The molecule has 1 atom stereocenters. The van der Waals surface area contributed by atoms with E-state index in [1.54, 1.807) is 0 Å². The molecule has 0 aromatic carbocycles.